The van der Waals surface area contributed by atoms with E-state index in [9.17, 15) is 0 Å². The van der Waals surface area contributed by atoms with Gasteiger partial charge in [-0.25, -0.2) is 0 Å². The molecule has 3 heteroatoms. The van der Waals surface area contributed by atoms with Crippen LogP contribution in [0.2, 0.25) is 0 Å². The quantitative estimate of drug-likeness (QED) is 0.740. The van der Waals surface area contributed by atoms with Crippen molar-refractivity contribution in [2.24, 2.45) is 0 Å². The molecule has 0 amide bonds. The van der Waals surface area contributed by atoms with Gasteiger partial charge in [0.2, 0.25) is 0 Å². The van der Waals surface area contributed by atoms with E-state index in [1.807, 2.05) is 11.3 Å². The average Bonchev–Trinajstić information content (AvgIpc) is 2.99. The van der Waals surface area contributed by atoms with Gasteiger partial charge < -0.3 is 10.1 Å². The molecule has 1 aromatic heterocycles. The molecular weight excluding hydrogens is 278 g/mol. The lowest BCUT2D eigenvalue weighted by atomic mass is 10.1. The molecule has 0 bridgehead atoms. The van der Waals surface area contributed by atoms with Gasteiger partial charge in [0.15, 0.2) is 0 Å². The van der Waals surface area contributed by atoms with Gasteiger partial charge in [-0.3, -0.25) is 0 Å². The molecule has 1 unspecified atom stereocenters. The fourth-order valence-electron chi connectivity index (χ4n) is 2.44. The fourth-order valence-corrected chi connectivity index (χ4v) is 3.60. The van der Waals surface area contributed by atoms with Crippen LogP contribution in [0.15, 0.2) is 36.4 Å². The summed E-state index contributed by atoms with van der Waals surface area (Å²) in [5, 5.41) is 3.62. The zero-order chi connectivity index (χ0) is 15.1. The number of methoxy groups -OCH3 is 1. The molecule has 114 valence electrons. The predicted molar refractivity (Wildman–Crippen MR) is 91.8 cm³/mol. The van der Waals surface area contributed by atoms with Crippen molar-refractivity contribution in [1.82, 2.24) is 5.32 Å². The zero-order valence-electron chi connectivity index (χ0n) is 13.2. The second-order valence-electron chi connectivity index (χ2n) is 5.25. The number of ether oxygens (including phenoxy) is 1. The molecule has 0 aliphatic rings. The highest BCUT2D eigenvalue weighted by Crippen LogP contribution is 2.33. The van der Waals surface area contributed by atoms with Crippen LogP contribution in [0.4, 0.5) is 0 Å². The highest BCUT2D eigenvalue weighted by Gasteiger charge is 2.12. The maximum Gasteiger partial charge on any atom is 0.0713 e. The molecule has 2 rings (SSSR count). The summed E-state index contributed by atoms with van der Waals surface area (Å²) in [5.74, 6) is 0. The van der Waals surface area contributed by atoms with E-state index in [1.54, 1.807) is 7.11 Å². The topological polar surface area (TPSA) is 21.3 Å². The van der Waals surface area contributed by atoms with E-state index in [2.05, 4.69) is 55.6 Å². The van der Waals surface area contributed by atoms with Crippen LogP contribution >= 0.6 is 11.3 Å². The number of hydrogen-bond donors (Lipinski definition) is 1. The van der Waals surface area contributed by atoms with Crippen LogP contribution in [0.3, 0.4) is 0 Å². The Morgan fingerprint density at radius 2 is 2.05 bits per heavy atom. The summed E-state index contributed by atoms with van der Waals surface area (Å²) < 4.78 is 5.22. The predicted octanol–water partition coefficient (Wildman–Crippen LogP) is 5.01. The van der Waals surface area contributed by atoms with E-state index < -0.39 is 0 Å². The number of thiophene rings is 1. The average molecular weight is 303 g/mol. The summed E-state index contributed by atoms with van der Waals surface area (Å²) in [5.41, 5.74) is 2.51. The van der Waals surface area contributed by atoms with Gasteiger partial charge in [-0.1, -0.05) is 32.0 Å². The highest BCUT2D eigenvalue weighted by molar-refractivity contribution is 7.15. The molecule has 0 fully saturated rings. The van der Waals surface area contributed by atoms with Crippen LogP contribution in [0.5, 0.6) is 0 Å². The van der Waals surface area contributed by atoms with Crippen molar-refractivity contribution in [1.29, 1.82) is 0 Å². The zero-order valence-corrected chi connectivity index (χ0v) is 14.0. The Morgan fingerprint density at radius 3 is 2.76 bits per heavy atom. The van der Waals surface area contributed by atoms with E-state index in [0.717, 1.165) is 13.0 Å². The van der Waals surface area contributed by atoms with E-state index in [-0.39, 0.29) is 0 Å². The van der Waals surface area contributed by atoms with Gasteiger partial charge in [-0.05, 0) is 48.7 Å². The summed E-state index contributed by atoms with van der Waals surface area (Å²) in [6.45, 7) is 6.20. The Morgan fingerprint density at radius 1 is 1.19 bits per heavy atom. The van der Waals surface area contributed by atoms with Gasteiger partial charge in [0.05, 0.1) is 6.61 Å². The molecule has 21 heavy (non-hydrogen) atoms. The van der Waals surface area contributed by atoms with Crippen molar-refractivity contribution in [3.63, 3.8) is 0 Å². The standard InChI is InChI=1S/C18H25NOS/c1-4-11-19-16(5-2)18-10-9-17(21-18)15-8-6-7-14(12-15)13-20-3/h6-10,12,16,19H,4-5,11,13H2,1-3H3. The fraction of sp³-hybridized carbons (Fsp3) is 0.444. The molecule has 0 saturated heterocycles. The highest BCUT2D eigenvalue weighted by atomic mass is 32.1. The van der Waals surface area contributed by atoms with Crippen molar-refractivity contribution < 1.29 is 4.74 Å². The Balaban J connectivity index is 2.16. The molecule has 1 heterocycles. The Hall–Kier alpha value is -1.16. The summed E-state index contributed by atoms with van der Waals surface area (Å²) in [6.07, 6.45) is 2.30. The first kappa shape index (κ1) is 16.2. The first-order valence-electron chi connectivity index (χ1n) is 7.69. The monoisotopic (exact) mass is 303 g/mol. The van der Waals surface area contributed by atoms with Gasteiger partial charge in [-0.15, -0.1) is 11.3 Å². The van der Waals surface area contributed by atoms with Crippen molar-refractivity contribution >= 4 is 11.3 Å². The summed E-state index contributed by atoms with van der Waals surface area (Å²) in [4.78, 5) is 2.76. The molecule has 0 aliphatic carbocycles. The van der Waals surface area contributed by atoms with Gasteiger partial charge in [-0.2, -0.15) is 0 Å². The summed E-state index contributed by atoms with van der Waals surface area (Å²) in [7, 11) is 1.74. The van der Waals surface area contributed by atoms with Crippen LogP contribution in [0.1, 0.15) is 43.2 Å². The van der Waals surface area contributed by atoms with Crippen molar-refractivity contribution in [2.75, 3.05) is 13.7 Å². The maximum absolute atomic E-state index is 5.22. The second-order valence-corrected chi connectivity index (χ2v) is 6.37. The number of nitrogens with one attached hydrogen (secondary N) is 1. The van der Waals surface area contributed by atoms with Crippen molar-refractivity contribution in [3.8, 4) is 10.4 Å². The minimum atomic E-state index is 0.478. The second kappa shape index (κ2) is 8.32. The molecule has 0 saturated carbocycles. The van der Waals surface area contributed by atoms with Gasteiger partial charge in [0.25, 0.3) is 0 Å². The first-order chi connectivity index (χ1) is 10.3. The normalized spacial score (nSPS) is 12.5. The molecule has 2 aromatic rings. The maximum atomic E-state index is 5.22. The van der Waals surface area contributed by atoms with E-state index in [1.165, 1.54) is 27.3 Å². The summed E-state index contributed by atoms with van der Waals surface area (Å²) >= 11 is 1.89. The molecule has 0 radical (unpaired) electrons. The summed E-state index contributed by atoms with van der Waals surface area (Å²) in [6, 6.07) is 13.6. The molecule has 0 aliphatic heterocycles. The number of benzene rings is 1. The van der Waals surface area contributed by atoms with Crippen molar-refractivity contribution in [2.45, 2.75) is 39.3 Å². The van der Waals surface area contributed by atoms with E-state index in [0.29, 0.717) is 12.6 Å². The molecule has 1 atom stereocenters. The van der Waals surface area contributed by atoms with Gasteiger partial charge >= 0.3 is 0 Å². The smallest absolute Gasteiger partial charge is 0.0713 e. The van der Waals surface area contributed by atoms with Gasteiger partial charge in [0.1, 0.15) is 0 Å². The number of rotatable bonds is 8. The molecule has 1 aromatic carbocycles. The van der Waals surface area contributed by atoms with Crippen molar-refractivity contribution in [3.05, 3.63) is 46.8 Å². The first-order valence-corrected chi connectivity index (χ1v) is 8.51. The van der Waals surface area contributed by atoms with Crippen LogP contribution in [-0.4, -0.2) is 13.7 Å². The Labute approximate surface area is 132 Å². The van der Waals surface area contributed by atoms with Crippen LogP contribution < -0.4 is 5.32 Å². The molecule has 2 nitrogen and oxygen atoms in total. The molecular formula is C18H25NOS. The van der Waals surface area contributed by atoms with Crippen LogP contribution in [0, 0.1) is 0 Å². The lowest BCUT2D eigenvalue weighted by Crippen LogP contribution is -2.20. The lowest BCUT2D eigenvalue weighted by molar-refractivity contribution is 0.185. The van der Waals surface area contributed by atoms with E-state index in [4.69, 9.17) is 4.74 Å². The number of hydrogen-bond acceptors (Lipinski definition) is 3. The third-order valence-corrected chi connectivity index (χ3v) is 4.79. The minimum absolute atomic E-state index is 0.478. The van der Waals surface area contributed by atoms with Crippen LogP contribution in [-0.2, 0) is 11.3 Å². The van der Waals surface area contributed by atoms with Crippen LogP contribution in [0.25, 0.3) is 10.4 Å². The Kier molecular flexibility index (Phi) is 6.43. The third-order valence-electron chi connectivity index (χ3n) is 3.54. The SMILES string of the molecule is CCCNC(CC)c1ccc(-c2cccc(COC)c2)s1. The Bertz CT molecular complexity index is 550. The molecule has 0 spiro atoms. The van der Waals surface area contributed by atoms with E-state index >= 15 is 0 Å². The third kappa shape index (κ3) is 4.40. The lowest BCUT2D eigenvalue weighted by Gasteiger charge is -2.14. The largest absolute Gasteiger partial charge is 0.380 e. The van der Waals surface area contributed by atoms with Gasteiger partial charge in [0, 0.05) is 22.9 Å². The molecule has 1 N–H and O–H groups in total. The minimum Gasteiger partial charge on any atom is -0.380 e.